The molecule has 0 aliphatic carbocycles. The summed E-state index contributed by atoms with van der Waals surface area (Å²) < 4.78 is 5.06. The van der Waals surface area contributed by atoms with E-state index >= 15 is 0 Å². The van der Waals surface area contributed by atoms with Gasteiger partial charge in [-0.2, -0.15) is 0 Å². The minimum atomic E-state index is 0.305. The quantitative estimate of drug-likeness (QED) is 0.471. The van der Waals surface area contributed by atoms with Gasteiger partial charge in [0.1, 0.15) is 5.75 Å². The van der Waals surface area contributed by atoms with Gasteiger partial charge in [-0.15, -0.1) is 0 Å². The van der Waals surface area contributed by atoms with Crippen LogP contribution in [0, 0.1) is 17.1 Å². The molecule has 1 aromatic carbocycles. The number of rotatable bonds is 7. The Morgan fingerprint density at radius 1 is 1.42 bits per heavy atom. The lowest BCUT2D eigenvalue weighted by Gasteiger charge is -2.22. The van der Waals surface area contributed by atoms with Crippen molar-refractivity contribution in [1.82, 2.24) is 5.32 Å². The number of nitriles is 1. The zero-order valence-electron chi connectivity index (χ0n) is 15.0. The Morgan fingerprint density at radius 2 is 2.17 bits per heavy atom. The van der Waals surface area contributed by atoms with Crippen LogP contribution in [0.1, 0.15) is 38.2 Å². The van der Waals surface area contributed by atoms with E-state index in [2.05, 4.69) is 30.3 Å². The van der Waals surface area contributed by atoms with Crippen LogP contribution in [0.2, 0.25) is 12.6 Å². The first kappa shape index (κ1) is 20.1. The van der Waals surface area contributed by atoms with E-state index in [0.29, 0.717) is 6.71 Å². The fourth-order valence-electron chi connectivity index (χ4n) is 3.02. The molecule has 1 aliphatic rings. The van der Waals surface area contributed by atoms with Crippen molar-refractivity contribution in [3.05, 3.63) is 29.8 Å². The van der Waals surface area contributed by atoms with Crippen LogP contribution in [-0.4, -0.2) is 26.8 Å². The summed E-state index contributed by atoms with van der Waals surface area (Å²) in [5, 5.41) is 11.4. The normalized spacial score (nSPS) is 14.1. The maximum absolute atomic E-state index is 9.99. The Balaban J connectivity index is 0.000000254. The molecule has 0 saturated carbocycles. The van der Waals surface area contributed by atoms with E-state index in [9.17, 15) is 4.79 Å². The number of methoxy groups -OCH3 is 1. The van der Waals surface area contributed by atoms with Gasteiger partial charge in [0.25, 0.3) is 6.71 Å². The average Bonchev–Trinajstić information content (AvgIpc) is 2.66. The minimum Gasteiger partial charge on any atom is -0.497 e. The third kappa shape index (κ3) is 8.05. The second kappa shape index (κ2) is 12.5. The summed E-state index contributed by atoms with van der Waals surface area (Å²) in [6.45, 7) is 3.23. The number of carbonyl (C=O) groups is 1. The lowest BCUT2D eigenvalue weighted by Crippen LogP contribution is -2.21. The molecule has 1 aliphatic heterocycles. The molecule has 4 nitrogen and oxygen atoms in total. The summed E-state index contributed by atoms with van der Waals surface area (Å²) in [6.07, 6.45) is 8.62. The topological polar surface area (TPSA) is 62.1 Å². The van der Waals surface area contributed by atoms with Crippen molar-refractivity contribution < 1.29 is 9.53 Å². The molecular weight excluding hydrogens is 299 g/mol. The van der Waals surface area contributed by atoms with E-state index in [4.69, 9.17) is 10.00 Å². The van der Waals surface area contributed by atoms with Crippen LogP contribution in [-0.2, 0) is 11.2 Å². The summed E-state index contributed by atoms with van der Waals surface area (Å²) in [5.41, 5.74) is 1.32. The molecule has 130 valence electrons. The number of hydrogen-bond donors (Lipinski definition) is 1. The predicted molar refractivity (Wildman–Crippen MR) is 99.4 cm³/mol. The second-order valence-corrected chi connectivity index (χ2v) is 6.27. The van der Waals surface area contributed by atoms with Gasteiger partial charge in [-0.1, -0.05) is 44.5 Å². The monoisotopic (exact) mass is 328 g/mol. The molecule has 0 bridgehead atoms. The number of aryl methyl sites for hydroxylation is 1. The van der Waals surface area contributed by atoms with Gasteiger partial charge < -0.3 is 10.1 Å². The first-order valence-corrected chi connectivity index (χ1v) is 8.93. The molecule has 0 atom stereocenters. The van der Waals surface area contributed by atoms with E-state index in [1.807, 2.05) is 12.1 Å². The van der Waals surface area contributed by atoms with Gasteiger partial charge in [-0.3, -0.25) is 4.79 Å². The van der Waals surface area contributed by atoms with Crippen LogP contribution in [0.4, 0.5) is 0 Å². The van der Waals surface area contributed by atoms with Crippen LogP contribution in [0.3, 0.4) is 0 Å². The lowest BCUT2D eigenvalue weighted by molar-refractivity contribution is -0.109. The molecular formula is C19H29BN2O2. The number of benzene rings is 1. The van der Waals surface area contributed by atoms with Gasteiger partial charge >= 0.3 is 0 Å². The molecule has 1 aromatic rings. The Morgan fingerprint density at radius 3 is 2.75 bits per heavy atom. The van der Waals surface area contributed by atoms with Crippen LogP contribution in [0.5, 0.6) is 5.75 Å². The number of hydrogen-bond acceptors (Lipinski definition) is 3. The third-order valence-electron chi connectivity index (χ3n) is 4.59. The smallest absolute Gasteiger partial charge is 0.267 e. The van der Waals surface area contributed by atoms with Crippen molar-refractivity contribution in [3.63, 3.8) is 0 Å². The highest BCUT2D eigenvalue weighted by Crippen LogP contribution is 2.28. The van der Waals surface area contributed by atoms with Crippen LogP contribution >= 0.6 is 0 Å². The van der Waals surface area contributed by atoms with Gasteiger partial charge in [-0.05, 0) is 42.9 Å². The number of amides is 1. The molecule has 5 heteroatoms. The number of nitrogens with one attached hydrogen (secondary N) is 1. The highest BCUT2D eigenvalue weighted by atomic mass is 16.5. The molecule has 1 N–H and O–H groups in total. The van der Waals surface area contributed by atoms with Gasteiger partial charge in [0.2, 0.25) is 6.41 Å². The lowest BCUT2D eigenvalue weighted by atomic mass is 9.41. The largest absolute Gasteiger partial charge is 0.497 e. The van der Waals surface area contributed by atoms with E-state index in [-0.39, 0.29) is 0 Å². The molecule has 1 heterocycles. The standard InChI is InChI=1S/C10H17BN2O.C9H12O/c12-8-11-5-3-10(4-6-11)2-1-7-13-9-14;1-3-8-5-4-6-9(7-8)10-2/h9-10H,1-7H2,(H,13,14);4-7H,3H2,1-2H3. The minimum absolute atomic E-state index is 0.305. The van der Waals surface area contributed by atoms with Gasteiger partial charge in [-0.25, -0.2) is 5.26 Å². The van der Waals surface area contributed by atoms with Crippen molar-refractivity contribution in [2.45, 2.75) is 51.7 Å². The van der Waals surface area contributed by atoms with Gasteiger partial charge in [0, 0.05) is 12.5 Å². The highest BCUT2D eigenvalue weighted by Gasteiger charge is 2.23. The number of ether oxygens (including phenoxy) is 1. The Kier molecular flexibility index (Phi) is 10.4. The van der Waals surface area contributed by atoms with Gasteiger partial charge in [0.15, 0.2) is 0 Å². The summed E-state index contributed by atoms with van der Waals surface area (Å²) >= 11 is 0. The third-order valence-corrected chi connectivity index (χ3v) is 4.59. The van der Waals surface area contributed by atoms with Crippen LogP contribution < -0.4 is 10.1 Å². The summed E-state index contributed by atoms with van der Waals surface area (Å²) in [7, 11) is 1.69. The molecule has 1 amide bonds. The summed E-state index contributed by atoms with van der Waals surface area (Å²) in [4.78, 5) is 9.99. The van der Waals surface area contributed by atoms with Crippen molar-refractivity contribution >= 4 is 13.1 Å². The zero-order valence-corrected chi connectivity index (χ0v) is 15.0. The SMILES string of the molecule is CCc1cccc(OC)c1.N#CB1CCC(CCCNC=O)CC1. The van der Waals surface area contributed by atoms with E-state index in [0.717, 1.165) is 50.1 Å². The Bertz CT molecular complexity index is 489. The fourth-order valence-corrected chi connectivity index (χ4v) is 3.02. The number of carbonyl (C=O) groups excluding carboxylic acids is 1. The molecule has 0 aromatic heterocycles. The Labute approximate surface area is 146 Å². The van der Waals surface area contributed by atoms with Crippen molar-refractivity contribution in [2.75, 3.05) is 13.7 Å². The van der Waals surface area contributed by atoms with Crippen LogP contribution in [0.15, 0.2) is 24.3 Å². The van der Waals surface area contributed by atoms with Crippen molar-refractivity contribution in [1.29, 1.82) is 5.26 Å². The molecule has 1 saturated heterocycles. The highest BCUT2D eigenvalue weighted by molar-refractivity contribution is 6.67. The predicted octanol–water partition coefficient (Wildman–Crippen LogP) is 3.74. The van der Waals surface area contributed by atoms with Crippen molar-refractivity contribution in [3.8, 4) is 11.7 Å². The van der Waals surface area contributed by atoms with E-state index in [1.165, 1.54) is 24.8 Å². The second-order valence-electron chi connectivity index (χ2n) is 6.27. The van der Waals surface area contributed by atoms with E-state index < -0.39 is 0 Å². The molecule has 1 fully saturated rings. The molecule has 24 heavy (non-hydrogen) atoms. The summed E-state index contributed by atoms with van der Waals surface area (Å²) in [5.74, 6) is 4.07. The zero-order chi connectivity index (χ0) is 17.6. The maximum Gasteiger partial charge on any atom is 0.267 e. The molecule has 0 unspecified atom stereocenters. The molecule has 2 rings (SSSR count). The first-order valence-electron chi connectivity index (χ1n) is 8.93. The molecule has 0 radical (unpaired) electrons. The molecule has 0 spiro atoms. The average molecular weight is 328 g/mol. The number of nitrogens with zero attached hydrogens (tertiary/aromatic N) is 1. The fraction of sp³-hybridized carbons (Fsp3) is 0.579. The summed E-state index contributed by atoms with van der Waals surface area (Å²) in [6, 6.07) is 8.12. The first-order chi connectivity index (χ1) is 11.7. The van der Waals surface area contributed by atoms with Crippen LogP contribution in [0.25, 0.3) is 0 Å². The van der Waals surface area contributed by atoms with Crippen molar-refractivity contribution in [2.24, 2.45) is 5.92 Å². The van der Waals surface area contributed by atoms with Gasteiger partial charge in [0.05, 0.1) is 7.11 Å². The van der Waals surface area contributed by atoms with E-state index in [1.54, 1.807) is 7.11 Å². The maximum atomic E-state index is 9.99. The Hall–Kier alpha value is -1.96.